The second-order valence-corrected chi connectivity index (χ2v) is 6.31. The zero-order valence-corrected chi connectivity index (χ0v) is 13.1. The van der Waals surface area contributed by atoms with E-state index < -0.39 is 17.4 Å². The molecule has 0 aliphatic carbocycles. The van der Waals surface area contributed by atoms with Crippen LogP contribution in [0.5, 0.6) is 0 Å². The number of carbonyl (C=O) groups excluding carboxylic acids is 2. The van der Waals surface area contributed by atoms with Gasteiger partial charge in [0.2, 0.25) is 0 Å². The molecule has 0 aromatic heterocycles. The van der Waals surface area contributed by atoms with Crippen molar-refractivity contribution in [3.8, 4) is 0 Å². The van der Waals surface area contributed by atoms with Crippen LogP contribution < -0.4 is 0 Å². The summed E-state index contributed by atoms with van der Waals surface area (Å²) in [4.78, 5) is 24.7. The molecular formula is C14H26O6. The highest BCUT2D eigenvalue weighted by Crippen LogP contribution is 2.14. The molecule has 0 saturated heterocycles. The van der Waals surface area contributed by atoms with Crippen LogP contribution in [0.2, 0.25) is 0 Å². The number of aliphatic hydroxyl groups excluding tert-OH is 1. The van der Waals surface area contributed by atoms with E-state index in [1.54, 1.807) is 27.7 Å². The van der Waals surface area contributed by atoms with Gasteiger partial charge in [-0.05, 0) is 27.7 Å². The van der Waals surface area contributed by atoms with Gasteiger partial charge in [-0.3, -0.25) is 0 Å². The van der Waals surface area contributed by atoms with Crippen LogP contribution in [0.15, 0.2) is 12.2 Å². The lowest BCUT2D eigenvalue weighted by Gasteiger charge is -2.20. The minimum absolute atomic E-state index is 0.00350. The van der Waals surface area contributed by atoms with E-state index >= 15 is 0 Å². The Morgan fingerprint density at radius 2 is 1.60 bits per heavy atom. The largest absolute Gasteiger partial charge is 0.462 e. The number of esters is 1. The zero-order chi connectivity index (χ0) is 16.6. The molecule has 0 unspecified atom stereocenters. The maximum absolute atomic E-state index is 10.9. The van der Waals surface area contributed by atoms with E-state index in [4.69, 9.17) is 15.1 Å². The van der Waals surface area contributed by atoms with E-state index in [0.717, 1.165) is 0 Å². The number of hydrogen-bond acceptors (Lipinski definition) is 6. The first kappa shape index (κ1) is 20.9. The fourth-order valence-corrected chi connectivity index (χ4v) is 0.567. The van der Waals surface area contributed by atoms with Crippen LogP contribution in [0.1, 0.15) is 41.5 Å². The topological polar surface area (TPSA) is 93.1 Å². The quantitative estimate of drug-likeness (QED) is 0.357. The molecule has 0 aliphatic rings. The Balaban J connectivity index is 0. The van der Waals surface area contributed by atoms with Gasteiger partial charge >= 0.3 is 11.9 Å². The molecular weight excluding hydrogens is 264 g/mol. The van der Waals surface area contributed by atoms with Crippen LogP contribution in [-0.2, 0) is 19.2 Å². The monoisotopic (exact) mass is 290 g/mol. The predicted octanol–water partition coefficient (Wildman–Crippen LogP) is 2.17. The Morgan fingerprint density at radius 1 is 1.15 bits per heavy atom. The van der Waals surface area contributed by atoms with Crippen molar-refractivity contribution in [2.24, 2.45) is 10.8 Å². The van der Waals surface area contributed by atoms with Gasteiger partial charge in [-0.15, -0.1) is 0 Å². The molecule has 6 heteroatoms. The number of aliphatic hydroxyl groups is 1. The summed E-state index contributed by atoms with van der Waals surface area (Å²) in [5.41, 5.74) is -0.594. The first-order valence-corrected chi connectivity index (χ1v) is 6.16. The van der Waals surface area contributed by atoms with Crippen molar-refractivity contribution in [3.05, 3.63) is 12.2 Å². The van der Waals surface area contributed by atoms with E-state index in [2.05, 4.69) is 11.5 Å². The summed E-state index contributed by atoms with van der Waals surface area (Å²) >= 11 is 0. The SMILES string of the molecule is C=C(C)C(=O)OCC(C)(C)CO.CC(C)(C)C(=O)OO. The molecule has 0 spiro atoms. The van der Waals surface area contributed by atoms with Crippen molar-refractivity contribution in [1.82, 2.24) is 0 Å². The first-order chi connectivity index (χ1) is 8.87. The third-order valence-corrected chi connectivity index (χ3v) is 2.07. The van der Waals surface area contributed by atoms with Crippen LogP contribution in [-0.4, -0.2) is 35.5 Å². The van der Waals surface area contributed by atoms with Crippen LogP contribution in [0.4, 0.5) is 0 Å². The zero-order valence-electron chi connectivity index (χ0n) is 13.1. The molecule has 0 aromatic rings. The van der Waals surface area contributed by atoms with Gasteiger partial charge in [0.15, 0.2) is 0 Å². The Morgan fingerprint density at radius 3 is 1.80 bits per heavy atom. The Hall–Kier alpha value is -1.40. The Kier molecular flexibility index (Phi) is 9.10. The predicted molar refractivity (Wildman–Crippen MR) is 74.8 cm³/mol. The average Bonchev–Trinajstić information content (AvgIpc) is 2.34. The van der Waals surface area contributed by atoms with Gasteiger partial charge in [-0.25, -0.2) is 9.59 Å². The molecule has 118 valence electrons. The molecule has 0 radical (unpaired) electrons. The van der Waals surface area contributed by atoms with E-state index in [9.17, 15) is 9.59 Å². The van der Waals surface area contributed by atoms with Crippen molar-refractivity contribution < 1.29 is 29.6 Å². The molecule has 20 heavy (non-hydrogen) atoms. The lowest BCUT2D eigenvalue weighted by Crippen LogP contribution is -2.25. The molecule has 0 aliphatic heterocycles. The van der Waals surface area contributed by atoms with Gasteiger partial charge in [0, 0.05) is 11.0 Å². The fourth-order valence-electron chi connectivity index (χ4n) is 0.567. The van der Waals surface area contributed by atoms with E-state index in [1.807, 2.05) is 13.8 Å². The molecule has 0 fully saturated rings. The van der Waals surface area contributed by atoms with Gasteiger partial charge in [-0.2, -0.15) is 5.26 Å². The van der Waals surface area contributed by atoms with Gasteiger partial charge in [-0.1, -0.05) is 20.4 Å². The van der Waals surface area contributed by atoms with Crippen LogP contribution in [0, 0.1) is 10.8 Å². The average molecular weight is 290 g/mol. The lowest BCUT2D eigenvalue weighted by atomic mass is 9.97. The second kappa shape index (κ2) is 8.71. The molecule has 0 heterocycles. The van der Waals surface area contributed by atoms with Crippen molar-refractivity contribution in [1.29, 1.82) is 0 Å². The van der Waals surface area contributed by atoms with Crippen molar-refractivity contribution in [2.45, 2.75) is 41.5 Å². The Labute approximate surface area is 120 Å². The third-order valence-electron chi connectivity index (χ3n) is 2.07. The van der Waals surface area contributed by atoms with Crippen LogP contribution in [0.3, 0.4) is 0 Å². The summed E-state index contributed by atoms with van der Waals surface area (Å²) in [5.74, 6) is -1.02. The third kappa shape index (κ3) is 10.5. The fraction of sp³-hybridized carbons (Fsp3) is 0.714. The van der Waals surface area contributed by atoms with Gasteiger partial charge in [0.05, 0.1) is 18.6 Å². The van der Waals surface area contributed by atoms with Crippen molar-refractivity contribution in [2.75, 3.05) is 13.2 Å². The molecule has 0 atom stereocenters. The molecule has 0 amide bonds. The molecule has 0 bridgehead atoms. The number of rotatable bonds is 4. The lowest BCUT2D eigenvalue weighted by molar-refractivity contribution is -0.243. The molecule has 2 N–H and O–H groups in total. The van der Waals surface area contributed by atoms with Crippen LogP contribution in [0.25, 0.3) is 0 Å². The molecule has 0 rings (SSSR count). The van der Waals surface area contributed by atoms with Crippen molar-refractivity contribution >= 4 is 11.9 Å². The minimum Gasteiger partial charge on any atom is -0.462 e. The van der Waals surface area contributed by atoms with E-state index in [0.29, 0.717) is 5.57 Å². The summed E-state index contributed by atoms with van der Waals surface area (Å²) in [6.07, 6.45) is 0. The highest BCUT2D eigenvalue weighted by atomic mass is 17.1. The summed E-state index contributed by atoms with van der Waals surface area (Å²) in [6.45, 7) is 13.9. The van der Waals surface area contributed by atoms with Gasteiger partial charge in [0.25, 0.3) is 0 Å². The number of hydrogen-bond donors (Lipinski definition) is 2. The minimum atomic E-state index is -0.613. The second-order valence-electron chi connectivity index (χ2n) is 6.31. The molecule has 6 nitrogen and oxygen atoms in total. The van der Waals surface area contributed by atoms with E-state index in [1.165, 1.54) is 0 Å². The molecule has 0 aromatic carbocycles. The number of carbonyl (C=O) groups is 2. The van der Waals surface area contributed by atoms with Gasteiger partial charge in [0.1, 0.15) is 0 Å². The summed E-state index contributed by atoms with van der Waals surface area (Å²) < 4.78 is 4.86. The highest BCUT2D eigenvalue weighted by molar-refractivity contribution is 5.86. The summed E-state index contributed by atoms with van der Waals surface area (Å²) in [7, 11) is 0. The standard InChI is InChI=1S/C9H16O3.C5H10O3/c1-7(2)8(11)12-6-9(3,4)5-10;1-5(2,3)4(6)8-7/h10H,1,5-6H2,2-4H3;7H,1-3H3. The summed E-state index contributed by atoms with van der Waals surface area (Å²) in [5, 5.41) is 16.7. The highest BCUT2D eigenvalue weighted by Gasteiger charge is 2.22. The van der Waals surface area contributed by atoms with E-state index in [-0.39, 0.29) is 18.6 Å². The van der Waals surface area contributed by atoms with Gasteiger partial charge < -0.3 is 14.7 Å². The number of ether oxygens (including phenoxy) is 1. The smallest absolute Gasteiger partial charge is 0.347 e. The maximum atomic E-state index is 10.9. The van der Waals surface area contributed by atoms with Crippen molar-refractivity contribution in [3.63, 3.8) is 0 Å². The Bertz CT molecular complexity index is 338. The maximum Gasteiger partial charge on any atom is 0.347 e. The first-order valence-electron chi connectivity index (χ1n) is 6.16. The molecule has 0 saturated carbocycles. The van der Waals surface area contributed by atoms with Crippen LogP contribution >= 0.6 is 0 Å². The normalized spacial score (nSPS) is 11.0. The summed E-state index contributed by atoms with van der Waals surface area (Å²) in [6, 6.07) is 0.